The number of phenols is 1. The van der Waals surface area contributed by atoms with E-state index in [9.17, 15) is 9.90 Å². The van der Waals surface area contributed by atoms with Gasteiger partial charge in [0, 0.05) is 25.2 Å². The van der Waals surface area contributed by atoms with Crippen LogP contribution in [0.15, 0.2) is 24.3 Å². The van der Waals surface area contributed by atoms with Crippen molar-refractivity contribution in [3.63, 3.8) is 0 Å². The van der Waals surface area contributed by atoms with Gasteiger partial charge in [-0.25, -0.2) is 0 Å². The summed E-state index contributed by atoms with van der Waals surface area (Å²) in [5.74, 6) is 0.302. The molecule has 1 aliphatic rings. The zero-order valence-electron chi connectivity index (χ0n) is 9.00. The summed E-state index contributed by atoms with van der Waals surface area (Å²) in [6.45, 7) is 2.61. The number of rotatable bonds is 3. The van der Waals surface area contributed by atoms with Crippen molar-refractivity contribution >= 4 is 6.29 Å². The molecule has 0 bridgehead atoms. The van der Waals surface area contributed by atoms with Crippen molar-refractivity contribution in [1.82, 2.24) is 4.90 Å². The van der Waals surface area contributed by atoms with Gasteiger partial charge in [-0.2, -0.15) is 0 Å². The number of hydrogen-bond acceptors (Lipinski definition) is 4. The molecule has 0 saturated carbocycles. The molecule has 1 heterocycles. The number of aldehydes is 1. The standard InChI is InChI=1S/C12H15NO3/c14-9-11-8-13(5-6-16-11)7-10-3-1-2-4-12(10)15/h1-4,9,11,15H,5-8H2. The van der Waals surface area contributed by atoms with E-state index in [0.29, 0.717) is 25.4 Å². The summed E-state index contributed by atoms with van der Waals surface area (Å²) in [5.41, 5.74) is 0.883. The monoisotopic (exact) mass is 221 g/mol. The van der Waals surface area contributed by atoms with Gasteiger partial charge < -0.3 is 14.6 Å². The SMILES string of the molecule is O=CC1CN(Cc2ccccc2O)CCO1. The van der Waals surface area contributed by atoms with Crippen LogP contribution in [0.3, 0.4) is 0 Å². The van der Waals surface area contributed by atoms with E-state index in [1.54, 1.807) is 12.1 Å². The summed E-state index contributed by atoms with van der Waals surface area (Å²) in [5, 5.41) is 9.64. The minimum absolute atomic E-state index is 0.302. The Balaban J connectivity index is 1.99. The van der Waals surface area contributed by atoms with Gasteiger partial charge in [-0.1, -0.05) is 18.2 Å². The number of hydrogen-bond donors (Lipinski definition) is 1. The van der Waals surface area contributed by atoms with Crippen LogP contribution in [-0.4, -0.2) is 42.1 Å². The lowest BCUT2D eigenvalue weighted by atomic mass is 10.1. The van der Waals surface area contributed by atoms with Gasteiger partial charge in [-0.3, -0.25) is 4.90 Å². The lowest BCUT2D eigenvalue weighted by Crippen LogP contribution is -2.42. The van der Waals surface area contributed by atoms with Crippen LogP contribution in [0.2, 0.25) is 0 Å². The van der Waals surface area contributed by atoms with Crippen LogP contribution in [0.5, 0.6) is 5.75 Å². The number of phenolic OH excluding ortho intramolecular Hbond substituents is 1. The van der Waals surface area contributed by atoms with Crippen molar-refractivity contribution in [3.05, 3.63) is 29.8 Å². The van der Waals surface area contributed by atoms with Crippen molar-refractivity contribution in [3.8, 4) is 5.75 Å². The van der Waals surface area contributed by atoms with Crippen LogP contribution in [0.1, 0.15) is 5.56 Å². The first kappa shape index (κ1) is 11.1. The smallest absolute Gasteiger partial charge is 0.150 e. The lowest BCUT2D eigenvalue weighted by Gasteiger charge is -2.30. The van der Waals surface area contributed by atoms with Gasteiger partial charge >= 0.3 is 0 Å². The molecule has 0 amide bonds. The molecule has 1 aliphatic heterocycles. The molecule has 1 unspecified atom stereocenters. The maximum Gasteiger partial charge on any atom is 0.150 e. The highest BCUT2D eigenvalue weighted by Crippen LogP contribution is 2.18. The van der Waals surface area contributed by atoms with Gasteiger partial charge in [0.2, 0.25) is 0 Å². The average Bonchev–Trinajstić information content (AvgIpc) is 2.32. The number of carbonyl (C=O) groups is 1. The van der Waals surface area contributed by atoms with E-state index in [-0.39, 0.29) is 6.10 Å². The van der Waals surface area contributed by atoms with Gasteiger partial charge in [0.25, 0.3) is 0 Å². The molecule has 4 heteroatoms. The third-order valence-electron chi connectivity index (χ3n) is 2.71. The lowest BCUT2D eigenvalue weighted by molar-refractivity contribution is -0.123. The Labute approximate surface area is 94.4 Å². The third kappa shape index (κ3) is 2.59. The summed E-state index contributed by atoms with van der Waals surface area (Å²) >= 11 is 0. The molecular formula is C12H15NO3. The van der Waals surface area contributed by atoms with Crippen LogP contribution in [0.25, 0.3) is 0 Å². The van der Waals surface area contributed by atoms with E-state index in [0.717, 1.165) is 18.4 Å². The minimum Gasteiger partial charge on any atom is -0.508 e. The fraction of sp³-hybridized carbons (Fsp3) is 0.417. The molecule has 0 aliphatic carbocycles. The summed E-state index contributed by atoms with van der Waals surface area (Å²) in [4.78, 5) is 12.7. The number of benzene rings is 1. The molecule has 1 atom stereocenters. The Bertz CT molecular complexity index is 367. The van der Waals surface area contributed by atoms with Gasteiger partial charge in [-0.15, -0.1) is 0 Å². The number of para-hydroxylation sites is 1. The van der Waals surface area contributed by atoms with Crippen molar-refractivity contribution in [2.75, 3.05) is 19.7 Å². The van der Waals surface area contributed by atoms with E-state index < -0.39 is 0 Å². The predicted octanol–water partition coefficient (Wildman–Crippen LogP) is 0.792. The van der Waals surface area contributed by atoms with Crippen LogP contribution in [0.4, 0.5) is 0 Å². The Morgan fingerprint density at radius 2 is 2.31 bits per heavy atom. The number of aromatic hydroxyl groups is 1. The van der Waals surface area contributed by atoms with Gasteiger partial charge in [0.05, 0.1) is 6.61 Å². The molecule has 1 aromatic rings. The molecule has 1 aromatic carbocycles. The van der Waals surface area contributed by atoms with Crippen LogP contribution in [-0.2, 0) is 16.1 Å². The fourth-order valence-corrected chi connectivity index (χ4v) is 1.84. The largest absolute Gasteiger partial charge is 0.508 e. The third-order valence-corrected chi connectivity index (χ3v) is 2.71. The molecule has 0 radical (unpaired) electrons. The van der Waals surface area contributed by atoms with E-state index in [2.05, 4.69) is 4.90 Å². The molecular weight excluding hydrogens is 206 g/mol. The second-order valence-electron chi connectivity index (χ2n) is 3.91. The highest BCUT2D eigenvalue weighted by molar-refractivity contribution is 5.56. The molecule has 1 saturated heterocycles. The average molecular weight is 221 g/mol. The Kier molecular flexibility index (Phi) is 3.54. The molecule has 1 fully saturated rings. The number of carbonyl (C=O) groups excluding carboxylic acids is 1. The van der Waals surface area contributed by atoms with Crippen LogP contribution < -0.4 is 0 Å². The minimum atomic E-state index is -0.334. The van der Waals surface area contributed by atoms with Gasteiger partial charge in [-0.05, 0) is 6.07 Å². The normalized spacial score (nSPS) is 21.9. The highest BCUT2D eigenvalue weighted by Gasteiger charge is 2.20. The number of nitrogens with zero attached hydrogens (tertiary/aromatic N) is 1. The predicted molar refractivity (Wildman–Crippen MR) is 59.2 cm³/mol. The first-order valence-corrected chi connectivity index (χ1v) is 5.35. The molecule has 86 valence electrons. The number of morpholine rings is 1. The zero-order valence-corrected chi connectivity index (χ0v) is 9.00. The maximum absolute atomic E-state index is 10.6. The first-order valence-electron chi connectivity index (χ1n) is 5.35. The molecule has 4 nitrogen and oxygen atoms in total. The van der Waals surface area contributed by atoms with Crippen LogP contribution in [0, 0.1) is 0 Å². The van der Waals surface area contributed by atoms with Crippen molar-refractivity contribution in [2.24, 2.45) is 0 Å². The molecule has 2 rings (SSSR count). The van der Waals surface area contributed by atoms with Crippen LogP contribution >= 0.6 is 0 Å². The molecule has 16 heavy (non-hydrogen) atoms. The van der Waals surface area contributed by atoms with E-state index in [4.69, 9.17) is 4.74 Å². The highest BCUT2D eigenvalue weighted by atomic mass is 16.5. The van der Waals surface area contributed by atoms with Gasteiger partial charge in [0.1, 0.15) is 18.1 Å². The summed E-state index contributed by atoms with van der Waals surface area (Å²) in [6, 6.07) is 7.26. The topological polar surface area (TPSA) is 49.8 Å². The fourth-order valence-electron chi connectivity index (χ4n) is 1.84. The van der Waals surface area contributed by atoms with Crippen molar-refractivity contribution < 1.29 is 14.6 Å². The van der Waals surface area contributed by atoms with Crippen molar-refractivity contribution in [1.29, 1.82) is 0 Å². The molecule has 0 spiro atoms. The number of ether oxygens (including phenoxy) is 1. The first-order chi connectivity index (χ1) is 7.79. The summed E-state index contributed by atoms with van der Waals surface area (Å²) in [6.07, 6.45) is 0.497. The van der Waals surface area contributed by atoms with Gasteiger partial charge in [0.15, 0.2) is 0 Å². The van der Waals surface area contributed by atoms with E-state index in [1.165, 1.54) is 0 Å². The Morgan fingerprint density at radius 3 is 3.06 bits per heavy atom. The Morgan fingerprint density at radius 1 is 1.50 bits per heavy atom. The quantitative estimate of drug-likeness (QED) is 0.767. The van der Waals surface area contributed by atoms with E-state index in [1.807, 2.05) is 12.1 Å². The molecule has 0 aromatic heterocycles. The Hall–Kier alpha value is -1.39. The summed E-state index contributed by atoms with van der Waals surface area (Å²) < 4.78 is 5.25. The summed E-state index contributed by atoms with van der Waals surface area (Å²) in [7, 11) is 0. The van der Waals surface area contributed by atoms with Crippen molar-refractivity contribution in [2.45, 2.75) is 12.6 Å². The van der Waals surface area contributed by atoms with E-state index >= 15 is 0 Å². The second-order valence-corrected chi connectivity index (χ2v) is 3.91. The molecule has 1 N–H and O–H groups in total. The zero-order chi connectivity index (χ0) is 11.4. The maximum atomic E-state index is 10.6. The second kappa shape index (κ2) is 5.09.